The maximum atomic E-state index is 6.05. The first-order chi connectivity index (χ1) is 14.5. The first-order valence-electron chi connectivity index (χ1n) is 10.1. The lowest BCUT2D eigenvalue weighted by Gasteiger charge is -2.15. The molecule has 0 aliphatic heterocycles. The maximum Gasteiger partial charge on any atom is 0.246 e. The summed E-state index contributed by atoms with van der Waals surface area (Å²) in [5.74, 6) is 3.09. The lowest BCUT2D eigenvalue weighted by atomic mass is 10.2. The van der Waals surface area contributed by atoms with Gasteiger partial charge in [0.25, 0.3) is 0 Å². The van der Waals surface area contributed by atoms with Gasteiger partial charge in [-0.2, -0.15) is 4.98 Å². The minimum atomic E-state index is -0.209. The van der Waals surface area contributed by atoms with Crippen LogP contribution < -0.4 is 15.4 Å². The van der Waals surface area contributed by atoms with E-state index in [0.29, 0.717) is 37.4 Å². The second kappa shape index (κ2) is 11.9. The molecule has 0 fully saturated rings. The Labute approximate surface area is 199 Å². The fourth-order valence-electron chi connectivity index (χ4n) is 3.00. The summed E-state index contributed by atoms with van der Waals surface area (Å²) in [4.78, 5) is 8.60. The molecule has 0 amide bonds. The van der Waals surface area contributed by atoms with E-state index < -0.39 is 0 Å². The summed E-state index contributed by atoms with van der Waals surface area (Å²) in [5, 5.41) is 11.4. The smallest absolute Gasteiger partial charge is 0.246 e. The molecule has 0 aliphatic rings. The molecule has 10 heteroatoms. The van der Waals surface area contributed by atoms with E-state index in [1.165, 1.54) is 0 Å². The first-order valence-corrected chi connectivity index (χ1v) is 10.1. The minimum Gasteiger partial charge on any atom is -0.490 e. The van der Waals surface area contributed by atoms with Crippen LogP contribution in [0.3, 0.4) is 0 Å². The highest BCUT2D eigenvalue weighted by molar-refractivity contribution is 14.0. The molecule has 0 saturated heterocycles. The van der Waals surface area contributed by atoms with Crippen LogP contribution in [0.2, 0.25) is 0 Å². The largest absolute Gasteiger partial charge is 0.490 e. The number of benzene rings is 1. The van der Waals surface area contributed by atoms with Crippen molar-refractivity contribution in [2.45, 2.75) is 46.4 Å². The van der Waals surface area contributed by atoms with Crippen LogP contribution in [0, 0.1) is 0 Å². The molecule has 1 aromatic carbocycles. The second-order valence-corrected chi connectivity index (χ2v) is 6.69. The third-order valence-corrected chi connectivity index (χ3v) is 4.50. The molecule has 0 bridgehead atoms. The van der Waals surface area contributed by atoms with E-state index in [-0.39, 0.29) is 36.1 Å². The Morgan fingerprint density at radius 1 is 1.23 bits per heavy atom. The van der Waals surface area contributed by atoms with Gasteiger partial charge < -0.3 is 29.0 Å². The predicted octanol–water partition coefficient (Wildman–Crippen LogP) is 4.36. The summed E-state index contributed by atoms with van der Waals surface area (Å²) in [6.07, 6.45) is -0.209. The number of rotatable bonds is 9. The number of ether oxygens (including phenoxy) is 2. The van der Waals surface area contributed by atoms with E-state index in [4.69, 9.17) is 18.4 Å². The van der Waals surface area contributed by atoms with Crippen LogP contribution in [-0.2, 0) is 11.3 Å². The molecule has 2 atom stereocenters. The Morgan fingerprint density at radius 2 is 2.03 bits per heavy atom. The SMILES string of the molecule is CCOc1cccc2cc(C(C)NC(=NC)NCc3nc(C(C)OCC)no3)oc12.I. The van der Waals surface area contributed by atoms with Gasteiger partial charge in [0.2, 0.25) is 5.89 Å². The normalized spacial score (nSPS) is 13.5. The van der Waals surface area contributed by atoms with Gasteiger partial charge >= 0.3 is 0 Å². The number of fused-ring (bicyclic) bond motifs is 1. The van der Waals surface area contributed by atoms with E-state index in [9.17, 15) is 0 Å². The molecule has 3 aromatic rings. The molecule has 9 nitrogen and oxygen atoms in total. The second-order valence-electron chi connectivity index (χ2n) is 6.69. The van der Waals surface area contributed by atoms with Crippen molar-refractivity contribution in [3.8, 4) is 5.75 Å². The molecule has 3 rings (SSSR count). The fraction of sp³-hybridized carbons (Fsp3) is 0.476. The third kappa shape index (κ3) is 6.33. The summed E-state index contributed by atoms with van der Waals surface area (Å²) < 4.78 is 22.5. The number of hydrogen-bond acceptors (Lipinski definition) is 7. The van der Waals surface area contributed by atoms with Crippen LogP contribution >= 0.6 is 24.0 Å². The van der Waals surface area contributed by atoms with E-state index >= 15 is 0 Å². The third-order valence-electron chi connectivity index (χ3n) is 4.50. The number of nitrogens with zero attached hydrogens (tertiary/aromatic N) is 3. The molecule has 2 aromatic heterocycles. The van der Waals surface area contributed by atoms with E-state index in [1.54, 1.807) is 7.05 Å². The van der Waals surface area contributed by atoms with Crippen molar-refractivity contribution < 1.29 is 18.4 Å². The van der Waals surface area contributed by atoms with Gasteiger partial charge in [0.1, 0.15) is 11.9 Å². The zero-order chi connectivity index (χ0) is 21.5. The molecule has 0 saturated carbocycles. The zero-order valence-corrected chi connectivity index (χ0v) is 20.8. The Bertz CT molecular complexity index is 987. The van der Waals surface area contributed by atoms with Crippen LogP contribution in [0.15, 0.2) is 38.2 Å². The van der Waals surface area contributed by atoms with Crippen molar-refractivity contribution in [1.82, 2.24) is 20.8 Å². The molecule has 2 heterocycles. The van der Waals surface area contributed by atoms with Gasteiger partial charge in [-0.3, -0.25) is 4.99 Å². The Morgan fingerprint density at radius 3 is 2.74 bits per heavy atom. The molecule has 31 heavy (non-hydrogen) atoms. The zero-order valence-electron chi connectivity index (χ0n) is 18.5. The Kier molecular flexibility index (Phi) is 9.56. The molecular weight excluding hydrogens is 513 g/mol. The van der Waals surface area contributed by atoms with Crippen molar-refractivity contribution in [3.05, 3.63) is 41.7 Å². The summed E-state index contributed by atoms with van der Waals surface area (Å²) in [6, 6.07) is 7.75. The van der Waals surface area contributed by atoms with Gasteiger partial charge in [-0.05, 0) is 39.8 Å². The monoisotopic (exact) mass is 543 g/mol. The maximum absolute atomic E-state index is 6.05. The average molecular weight is 543 g/mol. The first kappa shape index (κ1) is 24.9. The number of aliphatic imine (C=N–C) groups is 1. The highest BCUT2D eigenvalue weighted by Gasteiger charge is 2.17. The standard InChI is InChI=1S/C21H29N5O4.HI/c1-6-27-14(4)20-25-18(30-26-20)12-23-21(22-5)24-13(3)17-11-15-9-8-10-16(28-7-2)19(15)29-17;/h8-11,13-14H,6-7,12H2,1-5H3,(H2,22,23,24);1H. The molecule has 0 aliphatic carbocycles. The van der Waals surface area contributed by atoms with Gasteiger partial charge in [0.15, 0.2) is 23.1 Å². The van der Waals surface area contributed by atoms with Gasteiger partial charge in [-0.1, -0.05) is 17.3 Å². The van der Waals surface area contributed by atoms with Crippen molar-refractivity contribution in [1.29, 1.82) is 0 Å². The van der Waals surface area contributed by atoms with Crippen molar-refractivity contribution in [2.24, 2.45) is 4.99 Å². The van der Waals surface area contributed by atoms with E-state index in [0.717, 1.165) is 22.5 Å². The van der Waals surface area contributed by atoms with Gasteiger partial charge in [0, 0.05) is 19.0 Å². The summed E-state index contributed by atoms with van der Waals surface area (Å²) >= 11 is 0. The van der Waals surface area contributed by atoms with Crippen LogP contribution in [0.1, 0.15) is 57.3 Å². The van der Waals surface area contributed by atoms with Crippen molar-refractivity contribution in [2.75, 3.05) is 20.3 Å². The quantitative estimate of drug-likeness (QED) is 0.233. The van der Waals surface area contributed by atoms with Crippen LogP contribution in [0.25, 0.3) is 11.0 Å². The van der Waals surface area contributed by atoms with E-state index in [2.05, 4.69) is 25.8 Å². The summed E-state index contributed by atoms with van der Waals surface area (Å²) in [6.45, 7) is 9.28. The summed E-state index contributed by atoms with van der Waals surface area (Å²) in [5.41, 5.74) is 0.743. The predicted molar refractivity (Wildman–Crippen MR) is 129 cm³/mol. The molecule has 0 radical (unpaired) electrons. The Hall–Kier alpha value is -2.34. The van der Waals surface area contributed by atoms with Gasteiger partial charge in [-0.15, -0.1) is 24.0 Å². The number of furan rings is 1. The molecular formula is C21H30IN5O4. The van der Waals surface area contributed by atoms with Crippen LogP contribution in [0.5, 0.6) is 5.75 Å². The lowest BCUT2D eigenvalue weighted by molar-refractivity contribution is 0.0683. The van der Waals surface area contributed by atoms with Crippen molar-refractivity contribution in [3.63, 3.8) is 0 Å². The highest BCUT2D eigenvalue weighted by Crippen LogP contribution is 2.31. The lowest BCUT2D eigenvalue weighted by Crippen LogP contribution is -2.38. The number of nitrogens with one attached hydrogen (secondary N) is 2. The number of aromatic nitrogens is 2. The minimum absolute atomic E-state index is 0. The van der Waals surface area contributed by atoms with Crippen LogP contribution in [0.4, 0.5) is 0 Å². The molecule has 2 unspecified atom stereocenters. The number of hydrogen-bond donors (Lipinski definition) is 2. The number of halogens is 1. The topological polar surface area (TPSA) is 107 Å². The number of para-hydroxylation sites is 1. The fourth-order valence-corrected chi connectivity index (χ4v) is 3.00. The van der Waals surface area contributed by atoms with Crippen molar-refractivity contribution >= 4 is 40.9 Å². The average Bonchev–Trinajstić information content (AvgIpc) is 3.39. The van der Waals surface area contributed by atoms with Gasteiger partial charge in [0.05, 0.1) is 19.2 Å². The van der Waals surface area contributed by atoms with Crippen LogP contribution in [-0.4, -0.2) is 36.4 Å². The summed E-state index contributed by atoms with van der Waals surface area (Å²) in [7, 11) is 1.70. The molecule has 2 N–H and O–H groups in total. The number of guanidine groups is 1. The molecule has 0 spiro atoms. The van der Waals surface area contributed by atoms with Gasteiger partial charge in [-0.25, -0.2) is 0 Å². The Balaban J connectivity index is 0.00000341. The highest BCUT2D eigenvalue weighted by atomic mass is 127. The van der Waals surface area contributed by atoms with E-state index in [1.807, 2.05) is 52.0 Å². The molecule has 170 valence electrons.